The first-order chi connectivity index (χ1) is 16.3. The molecule has 0 N–H and O–H groups in total. The first-order valence-electron chi connectivity index (χ1n) is 10.5. The van der Waals surface area contributed by atoms with Gasteiger partial charge in [-0.05, 0) is 36.5 Å². The first-order valence-corrected chi connectivity index (χ1v) is 11.3. The largest absolute Gasteiger partial charge is 0.474 e. The summed E-state index contributed by atoms with van der Waals surface area (Å²) in [6.07, 6.45) is 1.74. The Kier molecular flexibility index (Phi) is 7.03. The minimum atomic E-state index is -0.637. The molecule has 9 nitrogen and oxygen atoms in total. The maximum absolute atomic E-state index is 15.0. The van der Waals surface area contributed by atoms with Crippen molar-refractivity contribution >= 4 is 52.4 Å². The van der Waals surface area contributed by atoms with Gasteiger partial charge in [0.2, 0.25) is 0 Å². The van der Waals surface area contributed by atoms with E-state index in [0.29, 0.717) is 48.1 Å². The highest BCUT2D eigenvalue weighted by molar-refractivity contribution is 7.80. The second-order valence-corrected chi connectivity index (χ2v) is 8.56. The van der Waals surface area contributed by atoms with Gasteiger partial charge in [0.1, 0.15) is 5.82 Å². The zero-order valence-corrected chi connectivity index (χ0v) is 20.2. The molecule has 2 aliphatic rings. The molecule has 3 heterocycles. The van der Waals surface area contributed by atoms with E-state index in [0.717, 1.165) is 0 Å². The predicted octanol–water partition coefficient (Wildman–Crippen LogP) is 2.98. The van der Waals surface area contributed by atoms with Crippen molar-refractivity contribution in [2.75, 3.05) is 56.7 Å². The third-order valence-corrected chi connectivity index (χ3v) is 6.62. The summed E-state index contributed by atoms with van der Waals surface area (Å²) in [5, 5.41) is 0.534. The number of likely N-dealkylation sites (N-methyl/N-ethyl adjacent to an activating group) is 1. The molecule has 180 valence electrons. The molecule has 34 heavy (non-hydrogen) atoms. The van der Waals surface area contributed by atoms with E-state index >= 15 is 4.39 Å². The second-order valence-electron chi connectivity index (χ2n) is 7.80. The van der Waals surface area contributed by atoms with Crippen LogP contribution >= 0.6 is 23.8 Å². The van der Waals surface area contributed by atoms with Gasteiger partial charge in [-0.25, -0.2) is 9.18 Å². The molecule has 0 aliphatic carbocycles. The summed E-state index contributed by atoms with van der Waals surface area (Å²) in [7, 11) is 3.09. The van der Waals surface area contributed by atoms with Crippen molar-refractivity contribution in [1.29, 1.82) is 0 Å². The summed E-state index contributed by atoms with van der Waals surface area (Å²) in [5.74, 6) is -0.668. The summed E-state index contributed by atoms with van der Waals surface area (Å²) < 4.78 is 25.4. The van der Waals surface area contributed by atoms with E-state index in [-0.39, 0.29) is 17.6 Å². The molecule has 12 heteroatoms. The highest BCUT2D eigenvalue weighted by Gasteiger charge is 2.36. The van der Waals surface area contributed by atoms with E-state index in [1.807, 2.05) is 4.90 Å². The molecule has 1 atom stereocenters. The number of carbonyl (C=O) groups is 2. The minimum absolute atomic E-state index is 0.176. The Morgan fingerprint density at radius 3 is 2.68 bits per heavy atom. The number of carbonyl (C=O) groups excluding carboxylic acids is 2. The fraction of sp³-hybridized carbons (Fsp3) is 0.364. The Hall–Kier alpha value is -3.18. The van der Waals surface area contributed by atoms with Gasteiger partial charge in [-0.3, -0.25) is 19.6 Å². The van der Waals surface area contributed by atoms with Crippen LogP contribution in [0.4, 0.5) is 20.6 Å². The molecule has 0 bridgehead atoms. The van der Waals surface area contributed by atoms with Crippen LogP contribution in [-0.2, 0) is 9.47 Å². The fourth-order valence-electron chi connectivity index (χ4n) is 3.90. The normalized spacial score (nSPS) is 18.1. The first kappa shape index (κ1) is 24.0. The number of amides is 2. The molecule has 1 aromatic heterocycles. The third-order valence-electron chi connectivity index (χ3n) is 5.84. The second kappa shape index (κ2) is 9.98. The van der Waals surface area contributed by atoms with Gasteiger partial charge in [0.25, 0.3) is 11.1 Å². The lowest BCUT2D eigenvalue weighted by atomic mass is 10.2. The van der Waals surface area contributed by atoms with Crippen LogP contribution in [-0.4, -0.2) is 85.1 Å². The van der Waals surface area contributed by atoms with Crippen molar-refractivity contribution in [3.63, 3.8) is 0 Å². The minimum Gasteiger partial charge on any atom is -0.474 e. The highest BCUT2D eigenvalue weighted by atomic mass is 35.5. The molecule has 1 aromatic carbocycles. The van der Waals surface area contributed by atoms with E-state index in [1.165, 1.54) is 35.4 Å². The van der Waals surface area contributed by atoms with Crippen molar-refractivity contribution in [3.8, 4) is 0 Å². The smallest absolute Gasteiger partial charge is 0.416 e. The van der Waals surface area contributed by atoms with Crippen molar-refractivity contribution < 1.29 is 23.5 Å². The molecule has 2 fully saturated rings. The van der Waals surface area contributed by atoms with Crippen LogP contribution in [0, 0.1) is 5.82 Å². The van der Waals surface area contributed by atoms with E-state index < -0.39 is 18.1 Å². The van der Waals surface area contributed by atoms with Crippen LogP contribution in [0.3, 0.4) is 0 Å². The highest BCUT2D eigenvalue weighted by Crippen LogP contribution is 2.29. The average Bonchev–Trinajstić information content (AvgIpc) is 3.24. The monoisotopic (exact) mass is 507 g/mol. The Morgan fingerprint density at radius 2 is 2.03 bits per heavy atom. The number of pyridine rings is 1. The number of hydrogen-bond acceptors (Lipinski definition) is 7. The molecule has 0 spiro atoms. The lowest BCUT2D eigenvalue weighted by molar-refractivity contribution is 0.0677. The van der Waals surface area contributed by atoms with Crippen molar-refractivity contribution in [3.05, 3.63) is 53.1 Å². The van der Waals surface area contributed by atoms with Crippen LogP contribution in [0.25, 0.3) is 0 Å². The zero-order valence-electron chi connectivity index (χ0n) is 18.6. The van der Waals surface area contributed by atoms with Gasteiger partial charge >= 0.3 is 6.09 Å². The number of ether oxygens (including phenoxy) is 2. The number of aromatic nitrogens is 1. The van der Waals surface area contributed by atoms with Gasteiger partial charge in [0, 0.05) is 45.6 Å². The molecule has 0 radical (unpaired) electrons. The summed E-state index contributed by atoms with van der Waals surface area (Å²) in [4.78, 5) is 35.5. The van der Waals surface area contributed by atoms with Gasteiger partial charge in [0.15, 0.2) is 6.23 Å². The Labute approximate surface area is 206 Å². The van der Waals surface area contributed by atoms with Crippen LogP contribution in [0.15, 0.2) is 36.7 Å². The van der Waals surface area contributed by atoms with E-state index in [9.17, 15) is 9.59 Å². The molecule has 2 saturated heterocycles. The topological polar surface area (TPSA) is 78.5 Å². The Morgan fingerprint density at radius 1 is 1.29 bits per heavy atom. The van der Waals surface area contributed by atoms with E-state index in [1.54, 1.807) is 30.1 Å². The number of thiocarbonyl (C=S) groups is 1. The molecular weight excluding hydrogens is 485 g/mol. The molecule has 2 aromatic rings. The van der Waals surface area contributed by atoms with Gasteiger partial charge < -0.3 is 19.3 Å². The summed E-state index contributed by atoms with van der Waals surface area (Å²) in [6.45, 7) is 1.91. The summed E-state index contributed by atoms with van der Waals surface area (Å²) in [5.41, 5.74) is 1.13. The fourth-order valence-corrected chi connectivity index (χ4v) is 4.20. The van der Waals surface area contributed by atoms with Crippen molar-refractivity contribution in [2.45, 2.75) is 6.23 Å². The van der Waals surface area contributed by atoms with Crippen LogP contribution < -0.4 is 9.80 Å². The van der Waals surface area contributed by atoms with Gasteiger partial charge in [-0.1, -0.05) is 11.6 Å². The standard InChI is InChI=1S/C22H23ClFN5O4S/c1-26(22(34)32-2)19-13-29(21(31)33-19)14-3-4-18(17(24)11-14)27-7-9-28(10-8-27)20(30)15-12-25-6-5-16(15)23/h3-6,11-12,19H,7-10,13H2,1-2H3. The third kappa shape index (κ3) is 4.71. The lowest BCUT2D eigenvalue weighted by Crippen LogP contribution is -2.49. The summed E-state index contributed by atoms with van der Waals surface area (Å²) in [6, 6.07) is 6.18. The molecular formula is C22H23ClFN5O4S. The number of halogens is 2. The molecule has 0 saturated carbocycles. The molecule has 2 aliphatic heterocycles. The zero-order chi connectivity index (χ0) is 24.4. The number of rotatable bonds is 4. The van der Waals surface area contributed by atoms with Crippen molar-refractivity contribution in [1.82, 2.24) is 14.8 Å². The summed E-state index contributed by atoms with van der Waals surface area (Å²) >= 11 is 11.2. The molecule has 4 rings (SSSR count). The van der Waals surface area contributed by atoms with Crippen LogP contribution in [0.2, 0.25) is 5.02 Å². The average molecular weight is 508 g/mol. The number of hydrogen-bond donors (Lipinski definition) is 0. The Balaban J connectivity index is 1.40. The van der Waals surface area contributed by atoms with Crippen molar-refractivity contribution in [2.24, 2.45) is 0 Å². The number of cyclic esters (lactones) is 1. The van der Waals surface area contributed by atoms with Crippen LogP contribution in [0.5, 0.6) is 0 Å². The number of piperazine rings is 1. The maximum Gasteiger partial charge on any atom is 0.416 e. The number of benzene rings is 1. The van der Waals surface area contributed by atoms with Gasteiger partial charge in [0.05, 0.1) is 35.6 Å². The van der Waals surface area contributed by atoms with Crippen LogP contribution in [0.1, 0.15) is 10.4 Å². The Bertz CT molecular complexity index is 1110. The maximum atomic E-state index is 15.0. The lowest BCUT2D eigenvalue weighted by Gasteiger charge is -2.36. The van der Waals surface area contributed by atoms with E-state index in [4.69, 9.17) is 33.3 Å². The quantitative estimate of drug-likeness (QED) is 0.584. The number of anilines is 2. The number of nitrogens with zero attached hydrogens (tertiary/aromatic N) is 5. The predicted molar refractivity (Wildman–Crippen MR) is 129 cm³/mol. The van der Waals surface area contributed by atoms with Gasteiger partial charge in [-0.2, -0.15) is 0 Å². The van der Waals surface area contributed by atoms with E-state index in [2.05, 4.69) is 4.98 Å². The molecule has 1 unspecified atom stereocenters. The molecule has 2 amide bonds. The van der Waals surface area contributed by atoms with Gasteiger partial charge in [-0.15, -0.1) is 0 Å². The number of methoxy groups -OCH3 is 1. The SMILES string of the molecule is COC(=S)N(C)C1CN(c2ccc(N3CCN(C(=O)c4cnccc4Cl)CC3)c(F)c2)C(=O)O1.